The molecule has 5 heteroatoms. The molecule has 0 aromatic carbocycles. The highest BCUT2D eigenvalue weighted by molar-refractivity contribution is 5.78. The van der Waals surface area contributed by atoms with Gasteiger partial charge in [-0.15, -0.1) is 0 Å². The molecular formula is C15H32N2O3. The predicted molar refractivity (Wildman–Crippen MR) is 81.7 cm³/mol. The van der Waals surface area contributed by atoms with E-state index in [4.69, 9.17) is 4.74 Å². The highest BCUT2D eigenvalue weighted by Gasteiger charge is 2.13. The maximum atomic E-state index is 11.5. The lowest BCUT2D eigenvalue weighted by atomic mass is 10.1. The van der Waals surface area contributed by atoms with Gasteiger partial charge < -0.3 is 20.5 Å². The van der Waals surface area contributed by atoms with Crippen LogP contribution in [0.25, 0.3) is 0 Å². The number of nitrogens with one attached hydrogen (secondary N) is 2. The van der Waals surface area contributed by atoms with E-state index in [0.29, 0.717) is 19.8 Å². The van der Waals surface area contributed by atoms with Crippen LogP contribution in [-0.4, -0.2) is 49.0 Å². The third-order valence-electron chi connectivity index (χ3n) is 2.63. The summed E-state index contributed by atoms with van der Waals surface area (Å²) in [7, 11) is 0. The van der Waals surface area contributed by atoms with Crippen LogP contribution in [0.3, 0.4) is 0 Å². The van der Waals surface area contributed by atoms with Crippen LogP contribution in [0.1, 0.15) is 53.4 Å². The van der Waals surface area contributed by atoms with Gasteiger partial charge in [0.25, 0.3) is 0 Å². The van der Waals surface area contributed by atoms with Gasteiger partial charge >= 0.3 is 0 Å². The minimum atomic E-state index is -0.566. The van der Waals surface area contributed by atoms with Crippen molar-refractivity contribution in [2.24, 2.45) is 0 Å². The van der Waals surface area contributed by atoms with Gasteiger partial charge in [-0.1, -0.05) is 26.2 Å². The predicted octanol–water partition coefficient (Wildman–Crippen LogP) is 1.45. The second-order valence-corrected chi connectivity index (χ2v) is 6.22. The number of rotatable bonds is 11. The summed E-state index contributed by atoms with van der Waals surface area (Å²) in [6.45, 7) is 9.58. The Hall–Kier alpha value is -0.650. The summed E-state index contributed by atoms with van der Waals surface area (Å²) in [5, 5.41) is 15.5. The van der Waals surface area contributed by atoms with Crippen molar-refractivity contribution in [3.63, 3.8) is 0 Å². The Morgan fingerprint density at radius 1 is 1.25 bits per heavy atom. The molecule has 120 valence electrons. The fourth-order valence-corrected chi connectivity index (χ4v) is 1.72. The molecule has 0 radical (unpaired) electrons. The number of carbonyl (C=O) groups is 1. The molecule has 0 heterocycles. The summed E-state index contributed by atoms with van der Waals surface area (Å²) in [5.41, 5.74) is -0.223. The van der Waals surface area contributed by atoms with E-state index in [0.717, 1.165) is 6.42 Å². The van der Waals surface area contributed by atoms with Crippen LogP contribution >= 0.6 is 0 Å². The normalized spacial score (nSPS) is 13.2. The first-order valence-corrected chi connectivity index (χ1v) is 7.62. The molecule has 0 aliphatic carbocycles. The first-order chi connectivity index (χ1) is 9.35. The van der Waals surface area contributed by atoms with E-state index < -0.39 is 6.10 Å². The van der Waals surface area contributed by atoms with Gasteiger partial charge in [0.1, 0.15) is 0 Å². The van der Waals surface area contributed by atoms with Crippen molar-refractivity contribution in [3.05, 3.63) is 0 Å². The van der Waals surface area contributed by atoms with Crippen molar-refractivity contribution < 1.29 is 14.6 Å². The third kappa shape index (κ3) is 13.8. The SMILES string of the molecule is CCCCCCOCC(O)CNCC(=O)NC(C)(C)C. The molecule has 0 spiro atoms. The average Bonchev–Trinajstić information content (AvgIpc) is 2.31. The minimum Gasteiger partial charge on any atom is -0.389 e. The quantitative estimate of drug-likeness (QED) is 0.503. The summed E-state index contributed by atoms with van der Waals surface area (Å²) in [4.78, 5) is 11.5. The van der Waals surface area contributed by atoms with E-state index in [9.17, 15) is 9.90 Å². The van der Waals surface area contributed by atoms with Crippen molar-refractivity contribution in [3.8, 4) is 0 Å². The van der Waals surface area contributed by atoms with Crippen molar-refractivity contribution in [1.82, 2.24) is 10.6 Å². The number of hydrogen-bond acceptors (Lipinski definition) is 4. The van der Waals surface area contributed by atoms with Crippen molar-refractivity contribution >= 4 is 5.91 Å². The maximum Gasteiger partial charge on any atom is 0.234 e. The molecule has 20 heavy (non-hydrogen) atoms. The van der Waals surface area contributed by atoms with Gasteiger partial charge in [0.15, 0.2) is 0 Å². The van der Waals surface area contributed by atoms with Crippen molar-refractivity contribution in [1.29, 1.82) is 0 Å². The maximum absolute atomic E-state index is 11.5. The molecule has 1 atom stereocenters. The van der Waals surface area contributed by atoms with E-state index in [1.54, 1.807) is 0 Å². The lowest BCUT2D eigenvalue weighted by Gasteiger charge is -2.21. The molecule has 0 saturated heterocycles. The fraction of sp³-hybridized carbons (Fsp3) is 0.933. The summed E-state index contributed by atoms with van der Waals surface area (Å²) >= 11 is 0. The van der Waals surface area contributed by atoms with Gasteiger partial charge in [-0.25, -0.2) is 0 Å². The first kappa shape index (κ1) is 19.4. The molecule has 0 saturated carbocycles. The van der Waals surface area contributed by atoms with Crippen molar-refractivity contribution in [2.45, 2.75) is 65.0 Å². The molecule has 1 amide bonds. The zero-order chi connectivity index (χ0) is 15.4. The number of aliphatic hydroxyl groups excluding tert-OH is 1. The minimum absolute atomic E-state index is 0.0646. The van der Waals surface area contributed by atoms with Gasteiger partial charge in [0.2, 0.25) is 5.91 Å². The number of ether oxygens (including phenoxy) is 1. The number of carbonyl (C=O) groups excluding carboxylic acids is 1. The van der Waals surface area contributed by atoms with Gasteiger partial charge in [0.05, 0.1) is 19.3 Å². The summed E-state index contributed by atoms with van der Waals surface area (Å²) in [6.07, 6.45) is 4.10. The Morgan fingerprint density at radius 3 is 2.55 bits per heavy atom. The Labute approximate surface area is 123 Å². The van der Waals surface area contributed by atoms with E-state index in [1.807, 2.05) is 20.8 Å². The molecule has 0 bridgehead atoms. The monoisotopic (exact) mass is 288 g/mol. The lowest BCUT2D eigenvalue weighted by Crippen LogP contribution is -2.46. The van der Waals surface area contributed by atoms with E-state index in [1.165, 1.54) is 19.3 Å². The first-order valence-electron chi connectivity index (χ1n) is 7.62. The molecule has 0 fully saturated rings. The highest BCUT2D eigenvalue weighted by atomic mass is 16.5. The van der Waals surface area contributed by atoms with Crippen molar-refractivity contribution in [2.75, 3.05) is 26.3 Å². The van der Waals surface area contributed by atoms with E-state index >= 15 is 0 Å². The molecule has 0 aliphatic heterocycles. The molecule has 0 aromatic heterocycles. The zero-order valence-electron chi connectivity index (χ0n) is 13.5. The third-order valence-corrected chi connectivity index (χ3v) is 2.63. The number of amides is 1. The van der Waals surface area contributed by atoms with Crippen LogP contribution in [0.2, 0.25) is 0 Å². The van der Waals surface area contributed by atoms with Crippen LogP contribution in [0.15, 0.2) is 0 Å². The lowest BCUT2D eigenvalue weighted by molar-refractivity contribution is -0.121. The molecule has 0 aliphatic rings. The van der Waals surface area contributed by atoms with Crippen LogP contribution in [0.4, 0.5) is 0 Å². The number of aliphatic hydroxyl groups is 1. The average molecular weight is 288 g/mol. The highest BCUT2D eigenvalue weighted by Crippen LogP contribution is 1.99. The standard InChI is InChI=1S/C15H32N2O3/c1-5-6-7-8-9-20-12-13(18)10-16-11-14(19)17-15(2,3)4/h13,16,18H,5-12H2,1-4H3,(H,17,19). The number of hydrogen-bond donors (Lipinski definition) is 3. The molecule has 0 aromatic rings. The van der Waals surface area contributed by atoms with E-state index in [-0.39, 0.29) is 18.0 Å². The Kier molecular flexibility index (Phi) is 10.7. The summed E-state index contributed by atoms with van der Waals surface area (Å²) in [6, 6.07) is 0. The largest absolute Gasteiger partial charge is 0.389 e. The number of unbranched alkanes of at least 4 members (excludes halogenated alkanes) is 3. The Balaban J connectivity index is 3.44. The Bertz CT molecular complexity index is 252. The van der Waals surface area contributed by atoms with Crippen LogP contribution in [0.5, 0.6) is 0 Å². The summed E-state index contributed by atoms with van der Waals surface area (Å²) in [5.74, 6) is -0.0646. The van der Waals surface area contributed by atoms with Gasteiger partial charge in [-0.2, -0.15) is 0 Å². The van der Waals surface area contributed by atoms with Gasteiger partial charge in [-0.05, 0) is 27.2 Å². The fourth-order valence-electron chi connectivity index (χ4n) is 1.72. The molecule has 5 nitrogen and oxygen atoms in total. The van der Waals surface area contributed by atoms with Crippen LogP contribution in [0, 0.1) is 0 Å². The Morgan fingerprint density at radius 2 is 1.95 bits per heavy atom. The topological polar surface area (TPSA) is 70.6 Å². The zero-order valence-corrected chi connectivity index (χ0v) is 13.5. The van der Waals surface area contributed by atoms with Crippen LogP contribution in [-0.2, 0) is 9.53 Å². The molecule has 0 rings (SSSR count). The van der Waals surface area contributed by atoms with Gasteiger partial charge in [-0.3, -0.25) is 4.79 Å². The van der Waals surface area contributed by atoms with Gasteiger partial charge in [0, 0.05) is 18.7 Å². The molecule has 1 unspecified atom stereocenters. The van der Waals surface area contributed by atoms with Crippen LogP contribution < -0.4 is 10.6 Å². The molecule has 3 N–H and O–H groups in total. The smallest absolute Gasteiger partial charge is 0.234 e. The summed E-state index contributed by atoms with van der Waals surface area (Å²) < 4.78 is 5.39. The molecular weight excluding hydrogens is 256 g/mol. The second kappa shape index (κ2) is 11.1. The van der Waals surface area contributed by atoms with E-state index in [2.05, 4.69) is 17.6 Å². The second-order valence-electron chi connectivity index (χ2n) is 6.22.